The topological polar surface area (TPSA) is 75.5 Å². The van der Waals surface area contributed by atoms with Crippen LogP contribution in [0.4, 0.5) is 18.9 Å². The van der Waals surface area contributed by atoms with E-state index in [0.29, 0.717) is 46.7 Å². The van der Waals surface area contributed by atoms with Crippen molar-refractivity contribution in [3.05, 3.63) is 59.4 Å². The predicted molar refractivity (Wildman–Crippen MR) is 129 cm³/mol. The zero-order chi connectivity index (χ0) is 25.2. The van der Waals surface area contributed by atoms with Gasteiger partial charge in [-0.1, -0.05) is 12.1 Å². The van der Waals surface area contributed by atoms with E-state index >= 15 is 0 Å². The largest absolute Gasteiger partial charge is 0.390 e. The highest BCUT2D eigenvalue weighted by Gasteiger charge is 2.26. The van der Waals surface area contributed by atoms with Gasteiger partial charge in [0.1, 0.15) is 0 Å². The number of Topliss-reactive ketones (excluding diaryl/α,β-unsaturated/α-hetero) is 1. The molecule has 2 heterocycles. The number of nitrogens with zero attached hydrogens (tertiary/aromatic N) is 2. The van der Waals surface area contributed by atoms with Gasteiger partial charge in [0.05, 0.1) is 24.0 Å². The van der Waals surface area contributed by atoms with E-state index in [0.717, 1.165) is 24.0 Å². The summed E-state index contributed by atoms with van der Waals surface area (Å²) in [5, 5.41) is 5.65. The zero-order valence-electron chi connectivity index (χ0n) is 19.6. The number of anilines is 1. The number of pyridine rings is 1. The monoisotopic (exact) mass is 484 g/mol. The van der Waals surface area contributed by atoms with Gasteiger partial charge in [-0.15, -0.1) is 0 Å². The van der Waals surface area contributed by atoms with E-state index in [2.05, 4.69) is 15.6 Å². The second kappa shape index (κ2) is 9.93. The van der Waals surface area contributed by atoms with Crippen LogP contribution in [0.15, 0.2) is 42.7 Å². The van der Waals surface area contributed by atoms with Gasteiger partial charge in [0.15, 0.2) is 11.4 Å². The van der Waals surface area contributed by atoms with E-state index in [1.165, 1.54) is 0 Å². The van der Waals surface area contributed by atoms with Gasteiger partial charge in [0, 0.05) is 48.0 Å². The summed E-state index contributed by atoms with van der Waals surface area (Å²) in [5.41, 5.74) is 4.94. The Morgan fingerprint density at radius 3 is 2.69 bits per heavy atom. The first kappa shape index (κ1) is 24.5. The molecule has 0 bridgehead atoms. The first-order chi connectivity index (χ1) is 16.7. The van der Waals surface area contributed by atoms with Crippen molar-refractivity contribution in [1.82, 2.24) is 14.7 Å². The number of nitrogens with one attached hydrogen (secondary N) is 2. The fourth-order valence-corrected chi connectivity index (χ4v) is 4.29. The van der Waals surface area contributed by atoms with E-state index < -0.39 is 12.6 Å². The number of aromatic nitrogens is 2. The third-order valence-corrected chi connectivity index (χ3v) is 6.00. The maximum atomic E-state index is 12.8. The Morgan fingerprint density at radius 2 is 2.00 bits per heavy atom. The Hall–Kier alpha value is -3.62. The molecule has 6 nitrogen and oxygen atoms in total. The number of hydrogen-bond donors (Lipinski definition) is 2. The van der Waals surface area contributed by atoms with Crippen molar-refractivity contribution in [2.75, 3.05) is 18.4 Å². The number of amides is 1. The summed E-state index contributed by atoms with van der Waals surface area (Å²) in [6.07, 6.45) is 2.06. The van der Waals surface area contributed by atoms with E-state index in [1.54, 1.807) is 28.9 Å². The minimum absolute atomic E-state index is 0.0145. The molecule has 0 saturated heterocycles. The normalized spacial score (nSPS) is 14.2. The van der Waals surface area contributed by atoms with E-state index in [1.807, 2.05) is 32.1 Å². The summed E-state index contributed by atoms with van der Waals surface area (Å²) in [4.78, 5) is 29.3. The molecule has 0 atom stereocenters. The molecule has 2 N–H and O–H groups in total. The van der Waals surface area contributed by atoms with E-state index in [-0.39, 0.29) is 18.2 Å². The quantitative estimate of drug-likeness (QED) is 0.460. The van der Waals surface area contributed by atoms with Crippen molar-refractivity contribution in [1.29, 1.82) is 0 Å². The summed E-state index contributed by atoms with van der Waals surface area (Å²) < 4.78 is 40.0. The number of carbonyl (C=O) groups is 2. The Balaban J connectivity index is 1.79. The molecule has 3 aromatic rings. The molecule has 0 radical (unpaired) electrons. The third kappa shape index (κ3) is 5.39. The fourth-order valence-electron chi connectivity index (χ4n) is 4.29. The molecule has 0 unspecified atom stereocenters. The van der Waals surface area contributed by atoms with Crippen LogP contribution >= 0.6 is 0 Å². The summed E-state index contributed by atoms with van der Waals surface area (Å²) in [7, 11) is 0. The molecule has 1 amide bonds. The molecule has 9 heteroatoms. The molecule has 0 fully saturated rings. The summed E-state index contributed by atoms with van der Waals surface area (Å²) in [6, 6.07) is 7.13. The van der Waals surface area contributed by atoms with Gasteiger partial charge in [-0.05, 0) is 50.5 Å². The van der Waals surface area contributed by atoms with Gasteiger partial charge in [0.2, 0.25) is 0 Å². The molecule has 1 aliphatic carbocycles. The Kier molecular flexibility index (Phi) is 6.95. The highest BCUT2D eigenvalue weighted by atomic mass is 19.4. The van der Waals surface area contributed by atoms with Crippen molar-refractivity contribution in [3.8, 4) is 11.3 Å². The molecule has 4 rings (SSSR count). The Bertz CT molecular complexity index is 1310. The molecular weight excluding hydrogens is 457 g/mol. The standard InChI is InChI=1S/C26H27F3N4O2/c1-3-30-25(35)19-9-8-17(12-16(19)2)22-14-32-24-21(31-11-10-26(27,28)29)13-18(15-33(22)24)20-6-4-5-7-23(20)34/h6,8-9,12-15,31H,3-5,7,10-11H2,1-2H3,(H,30,35). The van der Waals surface area contributed by atoms with Crippen LogP contribution in [0.5, 0.6) is 0 Å². The fraction of sp³-hybridized carbons (Fsp3) is 0.346. The minimum atomic E-state index is -4.29. The lowest BCUT2D eigenvalue weighted by Gasteiger charge is -2.16. The average Bonchev–Trinajstić information content (AvgIpc) is 3.23. The lowest BCUT2D eigenvalue weighted by atomic mass is 9.93. The van der Waals surface area contributed by atoms with Crippen LogP contribution < -0.4 is 10.6 Å². The maximum absolute atomic E-state index is 12.8. The summed E-state index contributed by atoms with van der Waals surface area (Å²) in [6.45, 7) is 3.91. The number of rotatable bonds is 7. The first-order valence-corrected chi connectivity index (χ1v) is 11.6. The minimum Gasteiger partial charge on any atom is -0.382 e. The van der Waals surface area contributed by atoms with Gasteiger partial charge < -0.3 is 10.6 Å². The van der Waals surface area contributed by atoms with Crippen molar-refractivity contribution < 1.29 is 22.8 Å². The predicted octanol–water partition coefficient (Wildman–Crippen LogP) is 5.56. The number of carbonyl (C=O) groups excluding carboxylic acids is 2. The smallest absolute Gasteiger partial charge is 0.382 e. The first-order valence-electron chi connectivity index (χ1n) is 11.6. The van der Waals surface area contributed by atoms with E-state index in [4.69, 9.17) is 0 Å². The maximum Gasteiger partial charge on any atom is 0.390 e. The summed E-state index contributed by atoms with van der Waals surface area (Å²) >= 11 is 0. The van der Waals surface area contributed by atoms with Crippen LogP contribution in [-0.4, -0.2) is 40.3 Å². The van der Waals surface area contributed by atoms with Crippen molar-refractivity contribution in [2.24, 2.45) is 0 Å². The third-order valence-electron chi connectivity index (χ3n) is 6.00. The number of benzene rings is 1. The van der Waals surface area contributed by atoms with Crippen LogP contribution in [-0.2, 0) is 4.79 Å². The summed E-state index contributed by atoms with van der Waals surface area (Å²) in [5.74, 6) is -0.142. The van der Waals surface area contributed by atoms with Crippen LogP contribution in [0.2, 0.25) is 0 Å². The van der Waals surface area contributed by atoms with E-state index in [9.17, 15) is 22.8 Å². The van der Waals surface area contributed by atoms with Gasteiger partial charge in [-0.25, -0.2) is 4.98 Å². The van der Waals surface area contributed by atoms with Gasteiger partial charge in [-0.3, -0.25) is 14.0 Å². The molecule has 0 aliphatic heterocycles. The lowest BCUT2D eigenvalue weighted by Crippen LogP contribution is -2.23. The number of imidazole rings is 1. The molecule has 0 spiro atoms. The number of allylic oxidation sites excluding steroid dienone is 2. The molecule has 35 heavy (non-hydrogen) atoms. The SMILES string of the molecule is CCNC(=O)c1ccc(-c2cnc3c(NCCC(F)(F)F)cc(C4=CCCCC4=O)cn23)cc1C. The van der Waals surface area contributed by atoms with Crippen LogP contribution in [0, 0.1) is 6.92 Å². The van der Waals surface area contributed by atoms with Gasteiger partial charge in [0.25, 0.3) is 5.91 Å². The molecule has 1 aromatic carbocycles. The highest BCUT2D eigenvalue weighted by Crippen LogP contribution is 2.32. The number of halogens is 3. The number of fused-ring (bicyclic) bond motifs is 1. The number of ketones is 1. The van der Waals surface area contributed by atoms with Gasteiger partial charge in [-0.2, -0.15) is 13.2 Å². The molecule has 2 aromatic heterocycles. The average molecular weight is 485 g/mol. The van der Waals surface area contributed by atoms with Crippen LogP contribution in [0.25, 0.3) is 22.5 Å². The number of alkyl halides is 3. The zero-order valence-corrected chi connectivity index (χ0v) is 19.6. The van der Waals surface area contributed by atoms with Crippen molar-refractivity contribution in [2.45, 2.75) is 45.7 Å². The highest BCUT2D eigenvalue weighted by molar-refractivity contribution is 6.21. The van der Waals surface area contributed by atoms with Crippen LogP contribution in [0.3, 0.4) is 0 Å². The number of hydrogen-bond acceptors (Lipinski definition) is 4. The van der Waals surface area contributed by atoms with Crippen LogP contribution in [0.1, 0.15) is 54.1 Å². The van der Waals surface area contributed by atoms with Crippen molar-refractivity contribution in [3.63, 3.8) is 0 Å². The lowest BCUT2D eigenvalue weighted by molar-refractivity contribution is -0.131. The molecule has 184 valence electrons. The molecule has 1 aliphatic rings. The Morgan fingerprint density at radius 1 is 1.20 bits per heavy atom. The Labute approximate surface area is 201 Å². The van der Waals surface area contributed by atoms with Crippen molar-refractivity contribution >= 4 is 28.6 Å². The number of aryl methyl sites for hydroxylation is 1. The second-order valence-electron chi connectivity index (χ2n) is 8.59. The van der Waals surface area contributed by atoms with Gasteiger partial charge >= 0.3 is 6.18 Å². The molecule has 0 saturated carbocycles. The second-order valence-corrected chi connectivity index (χ2v) is 8.59. The molecular formula is C26H27F3N4O2.